The van der Waals surface area contributed by atoms with Gasteiger partial charge in [-0.25, -0.2) is 0 Å². The fraction of sp³-hybridized carbons (Fsp3) is 0.636. The molecule has 0 heterocycles. The van der Waals surface area contributed by atoms with Crippen LogP contribution in [-0.4, -0.2) is 0 Å². The van der Waals surface area contributed by atoms with E-state index < -0.39 is 0 Å². The van der Waals surface area contributed by atoms with Gasteiger partial charge in [-0.05, 0) is 109 Å². The molecule has 33 heavy (non-hydrogen) atoms. The molecule has 7 atom stereocenters. The summed E-state index contributed by atoms with van der Waals surface area (Å²) in [5.74, 6) is 4.83. The van der Waals surface area contributed by atoms with E-state index in [0.717, 1.165) is 29.6 Å². The van der Waals surface area contributed by atoms with Crippen LogP contribution >= 0.6 is 0 Å². The van der Waals surface area contributed by atoms with Gasteiger partial charge in [0.1, 0.15) is 0 Å². The first-order valence-corrected chi connectivity index (χ1v) is 14.1. The molecule has 2 aromatic carbocycles. The van der Waals surface area contributed by atoms with Crippen LogP contribution in [-0.2, 0) is 5.41 Å². The third kappa shape index (κ3) is 3.15. The number of fused-ring (bicyclic) bond motifs is 5. The molecule has 0 aromatic heterocycles. The summed E-state index contributed by atoms with van der Waals surface area (Å²) >= 11 is 0. The molecular weight excluding hydrogens is 396 g/mol. The summed E-state index contributed by atoms with van der Waals surface area (Å²) in [5.41, 5.74) is 4.49. The van der Waals surface area contributed by atoms with E-state index in [9.17, 15) is 0 Å². The molecule has 2 aromatic rings. The van der Waals surface area contributed by atoms with Gasteiger partial charge in [-0.2, -0.15) is 0 Å². The van der Waals surface area contributed by atoms with E-state index in [1.165, 1.54) is 64.2 Å². The second kappa shape index (κ2) is 8.00. The molecule has 0 radical (unpaired) electrons. The molecule has 0 amide bonds. The molecule has 0 aliphatic heterocycles. The van der Waals surface area contributed by atoms with Gasteiger partial charge in [0.05, 0.1) is 0 Å². The smallest absolute Gasteiger partial charge is 0.0206 e. The fourth-order valence-electron chi connectivity index (χ4n) is 10.2. The van der Waals surface area contributed by atoms with Gasteiger partial charge in [-0.15, -0.1) is 0 Å². The Morgan fingerprint density at radius 3 is 1.94 bits per heavy atom. The summed E-state index contributed by atoms with van der Waals surface area (Å²) in [4.78, 5) is 0. The predicted molar refractivity (Wildman–Crippen MR) is 139 cm³/mol. The number of benzene rings is 2. The lowest BCUT2D eigenvalue weighted by molar-refractivity contribution is -0.119. The van der Waals surface area contributed by atoms with Crippen molar-refractivity contribution in [1.29, 1.82) is 0 Å². The molecule has 4 saturated carbocycles. The molecule has 4 aliphatic carbocycles. The van der Waals surface area contributed by atoms with E-state index >= 15 is 0 Å². The topological polar surface area (TPSA) is 0 Å². The van der Waals surface area contributed by atoms with Crippen molar-refractivity contribution >= 4 is 0 Å². The van der Waals surface area contributed by atoms with Crippen LogP contribution in [0.2, 0.25) is 0 Å². The molecule has 0 nitrogen and oxygen atoms in total. The van der Waals surface area contributed by atoms with Crippen molar-refractivity contribution in [2.45, 2.75) is 90.4 Å². The lowest BCUT2D eigenvalue weighted by Crippen LogP contribution is -2.55. The van der Waals surface area contributed by atoms with Crippen LogP contribution in [0, 0.1) is 40.4 Å². The second-order valence-electron chi connectivity index (χ2n) is 12.9. The molecule has 0 spiro atoms. The maximum atomic E-state index is 2.74. The minimum Gasteiger partial charge on any atom is -0.0651 e. The summed E-state index contributed by atoms with van der Waals surface area (Å²) in [6.45, 7) is 7.89. The van der Waals surface area contributed by atoms with Gasteiger partial charge >= 0.3 is 0 Å². The van der Waals surface area contributed by atoms with Crippen LogP contribution in [0.15, 0.2) is 60.7 Å². The van der Waals surface area contributed by atoms with Crippen molar-refractivity contribution in [3.8, 4) is 0 Å². The third-order valence-electron chi connectivity index (χ3n) is 12.1. The van der Waals surface area contributed by atoms with Crippen molar-refractivity contribution in [1.82, 2.24) is 0 Å². The number of hydrogen-bond donors (Lipinski definition) is 0. The average Bonchev–Trinajstić information content (AvgIpc) is 3.21. The van der Waals surface area contributed by atoms with Gasteiger partial charge < -0.3 is 0 Å². The van der Waals surface area contributed by atoms with Gasteiger partial charge in [0.15, 0.2) is 0 Å². The van der Waals surface area contributed by atoms with Gasteiger partial charge in [0.2, 0.25) is 0 Å². The first-order chi connectivity index (χ1) is 16.0. The van der Waals surface area contributed by atoms with Crippen molar-refractivity contribution in [2.24, 2.45) is 40.4 Å². The van der Waals surface area contributed by atoms with Gasteiger partial charge in [0.25, 0.3) is 0 Å². The van der Waals surface area contributed by atoms with E-state index in [2.05, 4.69) is 81.4 Å². The Labute approximate surface area is 202 Å². The lowest BCUT2D eigenvalue weighted by Gasteiger charge is -2.63. The Bertz CT molecular complexity index is 921. The Morgan fingerprint density at radius 1 is 0.667 bits per heavy atom. The van der Waals surface area contributed by atoms with E-state index in [0.29, 0.717) is 10.8 Å². The summed E-state index contributed by atoms with van der Waals surface area (Å²) in [5, 5.41) is 0. The van der Waals surface area contributed by atoms with Gasteiger partial charge in [-0.3, -0.25) is 0 Å². The first-order valence-electron chi connectivity index (χ1n) is 14.1. The molecule has 176 valence electrons. The van der Waals surface area contributed by atoms with Crippen LogP contribution < -0.4 is 0 Å². The summed E-state index contributed by atoms with van der Waals surface area (Å²) in [6, 6.07) is 23.1. The highest BCUT2D eigenvalue weighted by atomic mass is 14.7. The third-order valence-corrected chi connectivity index (χ3v) is 12.1. The van der Waals surface area contributed by atoms with Crippen LogP contribution in [0.3, 0.4) is 0 Å². The van der Waals surface area contributed by atoms with Crippen molar-refractivity contribution in [3.05, 3.63) is 71.8 Å². The standard InChI is InChI=1S/C33H44/c1-4-24-16-18-29-28-17-15-27-23-33(25-11-7-5-8-12-25,26-13-9-6-10-14-26)22-21-32(27,3)30(28)19-20-31(24,29)2/h5-14,24,27-30H,4,15-23H2,1-3H3. The van der Waals surface area contributed by atoms with Gasteiger partial charge in [0, 0.05) is 5.41 Å². The average molecular weight is 441 g/mol. The van der Waals surface area contributed by atoms with Crippen molar-refractivity contribution in [3.63, 3.8) is 0 Å². The monoisotopic (exact) mass is 440 g/mol. The zero-order valence-electron chi connectivity index (χ0n) is 21.2. The highest BCUT2D eigenvalue weighted by Gasteiger charge is 2.61. The first kappa shape index (κ1) is 21.9. The Hall–Kier alpha value is -1.56. The zero-order valence-corrected chi connectivity index (χ0v) is 21.2. The molecular formula is C33H44. The van der Waals surface area contributed by atoms with Crippen LogP contribution in [0.4, 0.5) is 0 Å². The SMILES string of the molecule is CCC1CCC2C3CCC4CC(c5ccccc5)(c5ccccc5)CCC4(C)C3CCC12C. The molecule has 0 N–H and O–H groups in total. The quantitative estimate of drug-likeness (QED) is 0.446. The molecule has 6 rings (SSSR count). The fourth-order valence-corrected chi connectivity index (χ4v) is 10.2. The molecule has 0 heteroatoms. The van der Waals surface area contributed by atoms with E-state index in [-0.39, 0.29) is 5.41 Å². The van der Waals surface area contributed by atoms with E-state index in [1.54, 1.807) is 11.1 Å². The van der Waals surface area contributed by atoms with Gasteiger partial charge in [-0.1, -0.05) is 87.9 Å². The highest BCUT2D eigenvalue weighted by molar-refractivity contribution is 5.40. The summed E-state index contributed by atoms with van der Waals surface area (Å²) < 4.78 is 0. The van der Waals surface area contributed by atoms with Crippen LogP contribution in [0.25, 0.3) is 0 Å². The Balaban J connectivity index is 1.33. The highest BCUT2D eigenvalue weighted by Crippen LogP contribution is 2.69. The minimum absolute atomic E-state index is 0.198. The summed E-state index contributed by atoms with van der Waals surface area (Å²) in [6.07, 6.45) is 14.5. The van der Waals surface area contributed by atoms with Crippen LogP contribution in [0.1, 0.15) is 96.1 Å². The zero-order chi connectivity index (χ0) is 22.7. The largest absolute Gasteiger partial charge is 0.0651 e. The molecule has 0 bridgehead atoms. The Kier molecular flexibility index (Phi) is 5.32. The number of rotatable bonds is 3. The molecule has 0 saturated heterocycles. The molecule has 4 aliphatic rings. The molecule has 7 unspecified atom stereocenters. The maximum absolute atomic E-state index is 2.74. The van der Waals surface area contributed by atoms with Crippen molar-refractivity contribution in [2.75, 3.05) is 0 Å². The predicted octanol–water partition coefficient (Wildman–Crippen LogP) is 9.04. The van der Waals surface area contributed by atoms with Crippen LogP contribution in [0.5, 0.6) is 0 Å². The minimum atomic E-state index is 0.198. The number of hydrogen-bond acceptors (Lipinski definition) is 0. The normalized spacial score (nSPS) is 41.6. The molecule has 4 fully saturated rings. The van der Waals surface area contributed by atoms with E-state index in [1.807, 2.05) is 0 Å². The van der Waals surface area contributed by atoms with Crippen molar-refractivity contribution < 1.29 is 0 Å². The lowest BCUT2D eigenvalue weighted by atomic mass is 9.42. The summed E-state index contributed by atoms with van der Waals surface area (Å²) in [7, 11) is 0. The Morgan fingerprint density at radius 2 is 1.30 bits per heavy atom. The maximum Gasteiger partial charge on any atom is 0.0206 e. The van der Waals surface area contributed by atoms with E-state index in [4.69, 9.17) is 0 Å². The second-order valence-corrected chi connectivity index (χ2v) is 12.9.